The number of amides is 1. The molecule has 1 heterocycles. The zero-order valence-corrected chi connectivity index (χ0v) is 32.1. The average Bonchev–Trinajstić information content (AvgIpc) is 3.94. The number of ether oxygens (including phenoxy) is 1. The molecule has 1 aliphatic heterocycles. The third kappa shape index (κ3) is 7.18. The summed E-state index contributed by atoms with van der Waals surface area (Å²) in [7, 11) is -1.55. The van der Waals surface area contributed by atoms with Gasteiger partial charge < -0.3 is 14.1 Å². The molecule has 0 radical (unpaired) electrons. The lowest BCUT2D eigenvalue weighted by Crippen LogP contribution is -2.68. The van der Waals surface area contributed by atoms with Crippen molar-refractivity contribution in [2.45, 2.75) is 76.4 Å². The lowest BCUT2D eigenvalue weighted by atomic mass is 9.67. The van der Waals surface area contributed by atoms with Crippen molar-refractivity contribution in [3.05, 3.63) is 130 Å². The molecule has 4 aromatic carbocycles. The molecule has 1 saturated carbocycles. The molecule has 2 aliphatic rings. The van der Waals surface area contributed by atoms with Crippen LogP contribution in [0.1, 0.15) is 76.5 Å². The Morgan fingerprint density at radius 2 is 1.46 bits per heavy atom. The van der Waals surface area contributed by atoms with E-state index in [4.69, 9.17) is 32.4 Å². The van der Waals surface area contributed by atoms with E-state index in [0.29, 0.717) is 23.1 Å². The molecule has 8 heteroatoms. The summed E-state index contributed by atoms with van der Waals surface area (Å²) in [4.78, 5) is 30.3. The zero-order valence-electron chi connectivity index (χ0n) is 29.6. The van der Waals surface area contributed by atoms with Crippen LogP contribution in [0.5, 0.6) is 0 Å². The van der Waals surface area contributed by atoms with Gasteiger partial charge in [-0.15, -0.1) is 0 Å². The number of benzene rings is 4. The van der Waals surface area contributed by atoms with E-state index in [0.717, 1.165) is 24.0 Å². The summed E-state index contributed by atoms with van der Waals surface area (Å²) in [6, 6.07) is 36.4. The second-order valence-corrected chi connectivity index (χ2v) is 20.4. The first kappa shape index (κ1) is 36.4. The molecule has 4 atom stereocenters. The zero-order chi connectivity index (χ0) is 35.7. The normalized spacial score (nSPS) is 21.9. The average molecular weight is 729 g/mol. The quantitative estimate of drug-likeness (QED) is 0.114. The molecule has 1 saturated heterocycles. The van der Waals surface area contributed by atoms with Gasteiger partial charge in [-0.05, 0) is 76.0 Å². The molecule has 5 nitrogen and oxygen atoms in total. The van der Waals surface area contributed by atoms with Crippen LogP contribution in [0.3, 0.4) is 0 Å². The smallest absolute Gasteiger partial charge is 0.306 e. The van der Waals surface area contributed by atoms with Crippen LogP contribution in [0.4, 0.5) is 0 Å². The molecule has 0 N–H and O–H groups in total. The predicted octanol–water partition coefficient (Wildman–Crippen LogP) is 8.98. The highest BCUT2D eigenvalue weighted by Crippen LogP contribution is 2.54. The molecule has 2 fully saturated rings. The van der Waals surface area contributed by atoms with Gasteiger partial charge in [-0.1, -0.05) is 136 Å². The van der Waals surface area contributed by atoms with Crippen LogP contribution in [0.15, 0.2) is 109 Å². The van der Waals surface area contributed by atoms with Crippen LogP contribution in [0.2, 0.25) is 15.1 Å². The summed E-state index contributed by atoms with van der Waals surface area (Å²) >= 11 is 13.0. The van der Waals surface area contributed by atoms with E-state index in [1.54, 1.807) is 0 Å². The summed E-state index contributed by atoms with van der Waals surface area (Å²) in [5, 5.41) is 3.42. The minimum atomic E-state index is -2.93. The molecule has 50 heavy (non-hydrogen) atoms. The first-order valence-corrected chi connectivity index (χ1v) is 20.2. The Labute approximate surface area is 308 Å². The van der Waals surface area contributed by atoms with Crippen molar-refractivity contribution >= 4 is 53.8 Å². The fraction of sp³-hybridized carbons (Fsp3) is 0.381. The number of carbonyl (C=O) groups is 2. The van der Waals surface area contributed by atoms with Gasteiger partial charge in [0.25, 0.3) is 8.32 Å². The van der Waals surface area contributed by atoms with Crippen molar-refractivity contribution in [1.82, 2.24) is 4.90 Å². The summed E-state index contributed by atoms with van der Waals surface area (Å²) in [6.07, 6.45) is 2.44. The number of carbonyl (C=O) groups excluding carboxylic acids is 2. The fourth-order valence-electron chi connectivity index (χ4n) is 8.20. The Morgan fingerprint density at radius 1 is 0.860 bits per heavy atom. The summed E-state index contributed by atoms with van der Waals surface area (Å²) < 4.78 is 12.7. The number of methoxy groups -OCH3 is 1. The number of rotatable bonds is 11. The third-order valence-corrected chi connectivity index (χ3v) is 16.3. The molecule has 0 bridgehead atoms. The number of esters is 1. The molecule has 4 aromatic rings. The molecule has 1 unspecified atom stereocenters. The third-order valence-electron chi connectivity index (χ3n) is 10.8. The van der Waals surface area contributed by atoms with E-state index in [9.17, 15) is 4.79 Å². The lowest BCUT2D eigenvalue weighted by Gasteiger charge is -2.53. The molecule has 1 aliphatic carbocycles. The Bertz CT molecular complexity index is 1750. The Balaban J connectivity index is 1.52. The largest absolute Gasteiger partial charge is 0.469 e. The molecule has 0 spiro atoms. The van der Waals surface area contributed by atoms with Crippen molar-refractivity contribution in [3.63, 3.8) is 0 Å². The summed E-state index contributed by atoms with van der Waals surface area (Å²) in [5.74, 6) is -0.352. The van der Waals surface area contributed by atoms with Crippen molar-refractivity contribution in [2.24, 2.45) is 11.3 Å². The summed E-state index contributed by atoms with van der Waals surface area (Å²) in [5.41, 5.74) is 1.01. The highest BCUT2D eigenvalue weighted by Gasteiger charge is 2.56. The van der Waals surface area contributed by atoms with E-state index in [1.807, 2.05) is 61.5 Å². The maximum atomic E-state index is 15.3. The summed E-state index contributed by atoms with van der Waals surface area (Å²) in [6.45, 7) is 9.11. The van der Waals surface area contributed by atoms with Crippen molar-refractivity contribution in [1.29, 1.82) is 0 Å². The molecular weight excluding hydrogens is 681 g/mol. The van der Waals surface area contributed by atoms with Gasteiger partial charge in [-0.25, -0.2) is 0 Å². The van der Waals surface area contributed by atoms with Crippen LogP contribution in [-0.4, -0.2) is 44.9 Å². The highest BCUT2D eigenvalue weighted by molar-refractivity contribution is 6.99. The van der Waals surface area contributed by atoms with Gasteiger partial charge in [0, 0.05) is 16.0 Å². The van der Waals surface area contributed by atoms with Crippen molar-refractivity contribution < 1.29 is 18.8 Å². The number of hydrogen-bond acceptors (Lipinski definition) is 4. The number of piperidine rings is 1. The van der Waals surface area contributed by atoms with Crippen LogP contribution in [0, 0.1) is 11.3 Å². The minimum absolute atomic E-state index is 0.0177. The van der Waals surface area contributed by atoms with Crippen LogP contribution in [-0.2, 0) is 18.8 Å². The molecule has 0 aromatic heterocycles. The van der Waals surface area contributed by atoms with Gasteiger partial charge in [0.05, 0.1) is 37.6 Å². The maximum Gasteiger partial charge on any atom is 0.306 e. The molecule has 6 rings (SSSR count). The topological polar surface area (TPSA) is 55.8 Å². The van der Waals surface area contributed by atoms with E-state index in [1.165, 1.54) is 17.5 Å². The van der Waals surface area contributed by atoms with Crippen LogP contribution in [0.25, 0.3) is 0 Å². The Kier molecular flexibility index (Phi) is 10.7. The monoisotopic (exact) mass is 727 g/mol. The van der Waals surface area contributed by atoms with Crippen LogP contribution < -0.4 is 10.4 Å². The molecule has 262 valence electrons. The van der Waals surface area contributed by atoms with Crippen LogP contribution >= 0.6 is 23.2 Å². The fourth-order valence-corrected chi connectivity index (χ4v) is 13.1. The van der Waals surface area contributed by atoms with Crippen molar-refractivity contribution in [2.75, 3.05) is 13.7 Å². The first-order valence-electron chi connectivity index (χ1n) is 17.5. The predicted molar refractivity (Wildman–Crippen MR) is 205 cm³/mol. The molecule has 1 amide bonds. The van der Waals surface area contributed by atoms with E-state index < -0.39 is 19.7 Å². The highest BCUT2D eigenvalue weighted by atomic mass is 35.5. The second-order valence-electron chi connectivity index (χ2n) is 15.3. The standard InChI is InChI=1S/C42H47Cl2NO4Si/c1-41(2,3)50(34-15-8-6-9-16-34,35-17-10-7-11-18-35)49-28-37(29-19-20-29)45-39(30-21-23-32(43)24-22-30)36(31-13-12-14-33(44)25-31)26-42(4,40(45)47)27-38(46)48-5/h6-18,21-25,29,36-37,39H,19-20,26-28H2,1-5H3/t36-,37-,39?,42-/m1/s1. The number of likely N-dealkylation sites (tertiary alicyclic amines) is 1. The van der Waals surface area contributed by atoms with Gasteiger partial charge in [0.15, 0.2) is 0 Å². The van der Waals surface area contributed by atoms with E-state index in [-0.39, 0.29) is 41.3 Å². The van der Waals surface area contributed by atoms with Gasteiger partial charge >= 0.3 is 5.97 Å². The van der Waals surface area contributed by atoms with E-state index >= 15 is 4.79 Å². The van der Waals surface area contributed by atoms with Gasteiger partial charge in [-0.3, -0.25) is 9.59 Å². The SMILES string of the molecule is COC(=O)C[C@@]1(C)C[C@H](c2cccc(Cl)c2)C(c2ccc(Cl)cc2)N([C@H](CO[Si](c2ccccc2)(c2ccccc2)C(C)(C)C)C2CC2)C1=O. The van der Waals surface area contributed by atoms with Gasteiger partial charge in [0.2, 0.25) is 5.91 Å². The second kappa shape index (κ2) is 14.7. The Morgan fingerprint density at radius 3 is 1.98 bits per heavy atom. The Hall–Kier alpha value is -3.42. The number of halogens is 2. The first-order chi connectivity index (χ1) is 23.9. The maximum absolute atomic E-state index is 15.3. The van der Waals surface area contributed by atoms with Gasteiger partial charge in [-0.2, -0.15) is 0 Å². The van der Waals surface area contributed by atoms with E-state index in [2.05, 4.69) is 80.3 Å². The molecular formula is C42H47Cl2NO4Si. The number of nitrogens with zero attached hydrogens (tertiary/aromatic N) is 1. The number of hydrogen-bond donors (Lipinski definition) is 0. The van der Waals surface area contributed by atoms with Gasteiger partial charge in [0.1, 0.15) is 0 Å². The van der Waals surface area contributed by atoms with Crippen molar-refractivity contribution in [3.8, 4) is 0 Å². The lowest BCUT2D eigenvalue weighted by molar-refractivity contribution is -0.163. The minimum Gasteiger partial charge on any atom is -0.469 e.